The van der Waals surface area contributed by atoms with Crippen LogP contribution in [0.25, 0.3) is 10.1 Å². The number of nitriles is 1. The van der Waals surface area contributed by atoms with Gasteiger partial charge in [0.25, 0.3) is 0 Å². The standard InChI is InChI=1S/C18H16N2O2S2/c1-13(10-15-12-23-18-5-3-2-4-17(15)18)20-24(21,22)16-8-6-14(11-19)7-9-16/h2-9,12-13,20H,10H2,1H3. The third kappa shape index (κ3) is 3.49. The van der Waals surface area contributed by atoms with Gasteiger partial charge in [0.2, 0.25) is 10.0 Å². The van der Waals surface area contributed by atoms with Crippen molar-refractivity contribution < 1.29 is 8.42 Å². The molecule has 1 N–H and O–H groups in total. The predicted octanol–water partition coefficient (Wildman–Crippen LogP) is 3.68. The Morgan fingerprint density at radius 3 is 2.58 bits per heavy atom. The van der Waals surface area contributed by atoms with E-state index in [9.17, 15) is 8.42 Å². The Hall–Kier alpha value is -2.20. The molecule has 3 aromatic rings. The van der Waals surface area contributed by atoms with Crippen molar-refractivity contribution in [3.63, 3.8) is 0 Å². The summed E-state index contributed by atoms with van der Waals surface area (Å²) in [6, 6.07) is 15.8. The highest BCUT2D eigenvalue weighted by Gasteiger charge is 2.18. The highest BCUT2D eigenvalue weighted by atomic mass is 32.2. The van der Waals surface area contributed by atoms with E-state index >= 15 is 0 Å². The maximum Gasteiger partial charge on any atom is 0.240 e. The zero-order valence-electron chi connectivity index (χ0n) is 13.1. The maximum absolute atomic E-state index is 12.4. The molecule has 0 radical (unpaired) electrons. The van der Waals surface area contributed by atoms with Gasteiger partial charge >= 0.3 is 0 Å². The fraction of sp³-hybridized carbons (Fsp3) is 0.167. The number of nitrogens with zero attached hydrogens (tertiary/aromatic N) is 1. The number of nitrogens with one attached hydrogen (secondary N) is 1. The van der Waals surface area contributed by atoms with Crippen LogP contribution in [0.1, 0.15) is 18.1 Å². The predicted molar refractivity (Wildman–Crippen MR) is 96.5 cm³/mol. The SMILES string of the molecule is CC(Cc1csc2ccccc12)NS(=O)(=O)c1ccc(C#N)cc1. The first kappa shape index (κ1) is 16.7. The molecule has 122 valence electrons. The highest BCUT2D eigenvalue weighted by molar-refractivity contribution is 7.89. The van der Waals surface area contributed by atoms with Crippen LogP contribution in [0.3, 0.4) is 0 Å². The zero-order valence-corrected chi connectivity index (χ0v) is 14.7. The van der Waals surface area contributed by atoms with Crippen molar-refractivity contribution in [2.45, 2.75) is 24.3 Å². The van der Waals surface area contributed by atoms with Crippen molar-refractivity contribution in [1.29, 1.82) is 5.26 Å². The third-order valence-corrected chi connectivity index (χ3v) is 6.36. The number of sulfonamides is 1. The summed E-state index contributed by atoms with van der Waals surface area (Å²) < 4.78 is 28.8. The lowest BCUT2D eigenvalue weighted by Crippen LogP contribution is -2.34. The molecule has 3 rings (SSSR count). The van der Waals surface area contributed by atoms with Gasteiger partial charge in [-0.1, -0.05) is 18.2 Å². The number of benzene rings is 2. The van der Waals surface area contributed by atoms with E-state index < -0.39 is 10.0 Å². The molecule has 1 atom stereocenters. The van der Waals surface area contributed by atoms with Gasteiger partial charge in [-0.15, -0.1) is 11.3 Å². The molecule has 1 unspecified atom stereocenters. The Balaban J connectivity index is 1.75. The summed E-state index contributed by atoms with van der Waals surface area (Å²) in [5.41, 5.74) is 1.58. The molecule has 0 fully saturated rings. The lowest BCUT2D eigenvalue weighted by molar-refractivity contribution is 0.560. The van der Waals surface area contributed by atoms with Crippen LogP contribution in [0.15, 0.2) is 58.8 Å². The zero-order chi connectivity index (χ0) is 17.2. The van der Waals surface area contributed by atoms with Crippen LogP contribution in [-0.4, -0.2) is 14.5 Å². The fourth-order valence-electron chi connectivity index (χ4n) is 2.60. The first-order chi connectivity index (χ1) is 11.5. The molecule has 6 heteroatoms. The summed E-state index contributed by atoms with van der Waals surface area (Å²) in [4.78, 5) is 0.170. The minimum atomic E-state index is -3.60. The maximum atomic E-state index is 12.4. The van der Waals surface area contributed by atoms with E-state index in [1.54, 1.807) is 11.3 Å². The number of hydrogen-bond donors (Lipinski definition) is 1. The third-order valence-electron chi connectivity index (χ3n) is 3.74. The monoisotopic (exact) mass is 356 g/mol. The second kappa shape index (κ2) is 6.73. The topological polar surface area (TPSA) is 70.0 Å². The van der Waals surface area contributed by atoms with Gasteiger partial charge in [-0.25, -0.2) is 13.1 Å². The molecule has 4 nitrogen and oxygen atoms in total. The lowest BCUT2D eigenvalue weighted by Gasteiger charge is -2.14. The molecular formula is C18H16N2O2S2. The Morgan fingerprint density at radius 2 is 1.88 bits per heavy atom. The molecule has 1 heterocycles. The first-order valence-electron chi connectivity index (χ1n) is 7.47. The summed E-state index contributed by atoms with van der Waals surface area (Å²) in [5, 5.41) is 12.0. The Bertz CT molecular complexity index is 999. The molecule has 2 aromatic carbocycles. The number of fused-ring (bicyclic) bond motifs is 1. The molecule has 0 bridgehead atoms. The number of rotatable bonds is 5. The second-order valence-electron chi connectivity index (χ2n) is 5.62. The summed E-state index contributed by atoms with van der Waals surface area (Å²) in [6.45, 7) is 1.85. The molecule has 0 saturated heterocycles. The van der Waals surface area contributed by atoms with E-state index in [-0.39, 0.29) is 10.9 Å². The van der Waals surface area contributed by atoms with Crippen molar-refractivity contribution in [2.75, 3.05) is 0 Å². The second-order valence-corrected chi connectivity index (χ2v) is 8.24. The first-order valence-corrected chi connectivity index (χ1v) is 9.83. The fourth-order valence-corrected chi connectivity index (χ4v) is 4.82. The van der Waals surface area contributed by atoms with Crippen LogP contribution in [0.5, 0.6) is 0 Å². The van der Waals surface area contributed by atoms with Crippen molar-refractivity contribution in [3.05, 3.63) is 65.0 Å². The normalized spacial score (nSPS) is 12.8. The van der Waals surface area contributed by atoms with Gasteiger partial charge in [-0.05, 0) is 60.0 Å². The summed E-state index contributed by atoms with van der Waals surface area (Å²) in [5.74, 6) is 0. The molecule has 0 saturated carbocycles. The molecule has 0 spiro atoms. The van der Waals surface area contributed by atoms with Crippen LogP contribution in [-0.2, 0) is 16.4 Å². The number of hydrogen-bond acceptors (Lipinski definition) is 4. The molecular weight excluding hydrogens is 340 g/mol. The average molecular weight is 356 g/mol. The van der Waals surface area contributed by atoms with Gasteiger partial charge in [0, 0.05) is 10.7 Å². The van der Waals surface area contributed by atoms with Crippen LogP contribution in [0.2, 0.25) is 0 Å². The Kier molecular flexibility index (Phi) is 4.67. The van der Waals surface area contributed by atoms with Gasteiger partial charge in [-0.2, -0.15) is 5.26 Å². The molecule has 0 aliphatic rings. The van der Waals surface area contributed by atoms with Crippen molar-refractivity contribution >= 4 is 31.4 Å². The largest absolute Gasteiger partial charge is 0.240 e. The molecule has 24 heavy (non-hydrogen) atoms. The number of thiophene rings is 1. The van der Waals surface area contributed by atoms with Gasteiger partial charge in [0.05, 0.1) is 16.5 Å². The summed E-state index contributed by atoms with van der Waals surface area (Å²) in [7, 11) is -3.60. The highest BCUT2D eigenvalue weighted by Crippen LogP contribution is 2.26. The van der Waals surface area contributed by atoms with Crippen LogP contribution < -0.4 is 4.72 Å². The van der Waals surface area contributed by atoms with E-state index in [1.165, 1.54) is 34.4 Å². The molecule has 1 aromatic heterocycles. The van der Waals surface area contributed by atoms with Crippen LogP contribution in [0.4, 0.5) is 0 Å². The van der Waals surface area contributed by atoms with Gasteiger partial charge in [0.1, 0.15) is 0 Å². The van der Waals surface area contributed by atoms with Gasteiger partial charge < -0.3 is 0 Å². The van der Waals surface area contributed by atoms with E-state index in [0.29, 0.717) is 12.0 Å². The minimum Gasteiger partial charge on any atom is -0.208 e. The molecule has 0 aliphatic carbocycles. The lowest BCUT2D eigenvalue weighted by atomic mass is 10.1. The van der Waals surface area contributed by atoms with Crippen molar-refractivity contribution in [3.8, 4) is 6.07 Å². The van der Waals surface area contributed by atoms with E-state index in [1.807, 2.05) is 25.1 Å². The van der Waals surface area contributed by atoms with E-state index in [4.69, 9.17) is 5.26 Å². The van der Waals surface area contributed by atoms with Crippen molar-refractivity contribution in [1.82, 2.24) is 4.72 Å². The summed E-state index contributed by atoms with van der Waals surface area (Å²) >= 11 is 1.67. The average Bonchev–Trinajstić information content (AvgIpc) is 2.97. The Labute approximate surface area is 145 Å². The van der Waals surface area contributed by atoms with E-state index in [0.717, 1.165) is 5.56 Å². The smallest absolute Gasteiger partial charge is 0.208 e. The van der Waals surface area contributed by atoms with Crippen LogP contribution in [0, 0.1) is 11.3 Å². The minimum absolute atomic E-state index is 0.170. The van der Waals surface area contributed by atoms with Gasteiger partial charge in [0.15, 0.2) is 0 Å². The van der Waals surface area contributed by atoms with Gasteiger partial charge in [-0.3, -0.25) is 0 Å². The van der Waals surface area contributed by atoms with Crippen LogP contribution >= 0.6 is 11.3 Å². The Morgan fingerprint density at radius 1 is 1.17 bits per heavy atom. The molecule has 0 amide bonds. The quantitative estimate of drug-likeness (QED) is 0.758. The molecule has 0 aliphatic heterocycles. The van der Waals surface area contributed by atoms with E-state index in [2.05, 4.69) is 22.2 Å². The summed E-state index contributed by atoms with van der Waals surface area (Å²) in [6.07, 6.45) is 0.625. The van der Waals surface area contributed by atoms with Crippen molar-refractivity contribution in [2.24, 2.45) is 0 Å².